The summed E-state index contributed by atoms with van der Waals surface area (Å²) in [5, 5.41) is 3.79. The number of rotatable bonds is 2. The van der Waals surface area contributed by atoms with Crippen molar-refractivity contribution in [2.75, 3.05) is 0 Å². The van der Waals surface area contributed by atoms with Gasteiger partial charge < -0.3 is 4.52 Å². The van der Waals surface area contributed by atoms with Crippen LogP contribution in [-0.2, 0) is 6.42 Å². The van der Waals surface area contributed by atoms with E-state index in [1.165, 1.54) is 11.1 Å². The van der Waals surface area contributed by atoms with Crippen molar-refractivity contribution in [3.05, 3.63) is 47.1 Å². The number of aldehydes is 1. The SMILES string of the molecule is O=Cc1nc(C2Cc3ccccc32)no1. The summed E-state index contributed by atoms with van der Waals surface area (Å²) in [5.74, 6) is 0.851. The van der Waals surface area contributed by atoms with Crippen LogP contribution in [-0.4, -0.2) is 16.4 Å². The molecule has 4 nitrogen and oxygen atoms in total. The minimum Gasteiger partial charge on any atom is -0.331 e. The van der Waals surface area contributed by atoms with Gasteiger partial charge in [0.25, 0.3) is 5.89 Å². The first-order chi connectivity index (χ1) is 7.38. The molecule has 1 atom stereocenters. The van der Waals surface area contributed by atoms with E-state index < -0.39 is 0 Å². The van der Waals surface area contributed by atoms with Crippen LogP contribution in [0.25, 0.3) is 0 Å². The summed E-state index contributed by atoms with van der Waals surface area (Å²) in [6.45, 7) is 0. The Morgan fingerprint density at radius 3 is 3.00 bits per heavy atom. The molecule has 0 N–H and O–H groups in total. The first kappa shape index (κ1) is 8.35. The van der Waals surface area contributed by atoms with Crippen LogP contribution in [0.4, 0.5) is 0 Å². The molecule has 1 aromatic heterocycles. The molecule has 1 unspecified atom stereocenters. The van der Waals surface area contributed by atoms with Gasteiger partial charge in [-0.15, -0.1) is 0 Å². The molecule has 4 heteroatoms. The first-order valence-electron chi connectivity index (χ1n) is 4.75. The maximum absolute atomic E-state index is 10.4. The summed E-state index contributed by atoms with van der Waals surface area (Å²) in [7, 11) is 0. The van der Waals surface area contributed by atoms with Gasteiger partial charge in [-0.25, -0.2) is 0 Å². The minimum absolute atomic E-state index is 0.0504. The molecule has 0 radical (unpaired) electrons. The second-order valence-electron chi connectivity index (χ2n) is 3.56. The van der Waals surface area contributed by atoms with Crippen LogP contribution in [0.2, 0.25) is 0 Å². The van der Waals surface area contributed by atoms with Crippen molar-refractivity contribution in [3.8, 4) is 0 Å². The summed E-state index contributed by atoms with van der Waals surface area (Å²) >= 11 is 0. The van der Waals surface area contributed by atoms with Crippen LogP contribution in [0.15, 0.2) is 28.8 Å². The zero-order valence-electron chi connectivity index (χ0n) is 7.88. The summed E-state index contributed by atoms with van der Waals surface area (Å²) in [4.78, 5) is 14.4. The molecule has 15 heavy (non-hydrogen) atoms. The zero-order chi connectivity index (χ0) is 10.3. The Morgan fingerprint density at radius 1 is 1.40 bits per heavy atom. The summed E-state index contributed by atoms with van der Waals surface area (Å²) < 4.78 is 4.76. The van der Waals surface area contributed by atoms with Crippen molar-refractivity contribution in [3.63, 3.8) is 0 Å². The number of hydrogen-bond donors (Lipinski definition) is 0. The van der Waals surface area contributed by atoms with Gasteiger partial charge in [-0.1, -0.05) is 29.4 Å². The van der Waals surface area contributed by atoms with Crippen LogP contribution in [0, 0.1) is 0 Å². The van der Waals surface area contributed by atoms with Gasteiger partial charge in [-0.05, 0) is 17.5 Å². The standard InChI is InChI=1S/C11H8N2O2/c14-6-10-12-11(13-15-10)9-5-7-3-1-2-4-8(7)9/h1-4,6,9H,5H2. The molecule has 1 aliphatic rings. The number of carbonyl (C=O) groups is 1. The Morgan fingerprint density at radius 2 is 2.27 bits per heavy atom. The lowest BCUT2D eigenvalue weighted by Crippen LogP contribution is -2.19. The van der Waals surface area contributed by atoms with E-state index in [0.29, 0.717) is 12.1 Å². The van der Waals surface area contributed by atoms with E-state index in [2.05, 4.69) is 22.3 Å². The molecule has 2 aromatic rings. The minimum atomic E-state index is 0.0504. The van der Waals surface area contributed by atoms with Crippen LogP contribution in [0.1, 0.15) is 33.6 Å². The molecule has 0 saturated carbocycles. The van der Waals surface area contributed by atoms with Crippen LogP contribution in [0.3, 0.4) is 0 Å². The van der Waals surface area contributed by atoms with Crippen LogP contribution >= 0.6 is 0 Å². The van der Waals surface area contributed by atoms with Gasteiger partial charge in [0.05, 0.1) is 5.92 Å². The lowest BCUT2D eigenvalue weighted by atomic mass is 9.77. The molecule has 0 aliphatic heterocycles. The van der Waals surface area contributed by atoms with E-state index in [-0.39, 0.29) is 11.8 Å². The highest BCUT2D eigenvalue weighted by atomic mass is 16.5. The van der Waals surface area contributed by atoms with Crippen LogP contribution in [0.5, 0.6) is 0 Å². The van der Waals surface area contributed by atoms with Gasteiger partial charge in [0.15, 0.2) is 5.82 Å². The van der Waals surface area contributed by atoms with Gasteiger partial charge in [-0.2, -0.15) is 4.98 Å². The monoisotopic (exact) mass is 200 g/mol. The van der Waals surface area contributed by atoms with E-state index in [1.807, 2.05) is 12.1 Å². The lowest BCUT2D eigenvalue weighted by molar-refractivity contribution is 0.108. The highest BCUT2D eigenvalue weighted by Gasteiger charge is 2.30. The second-order valence-corrected chi connectivity index (χ2v) is 3.56. The summed E-state index contributed by atoms with van der Waals surface area (Å²) in [6.07, 6.45) is 1.50. The highest BCUT2D eigenvalue weighted by Crippen LogP contribution is 2.38. The first-order valence-corrected chi connectivity index (χ1v) is 4.75. The highest BCUT2D eigenvalue weighted by molar-refractivity contribution is 5.67. The number of benzene rings is 1. The number of fused-ring (bicyclic) bond motifs is 1. The van der Waals surface area contributed by atoms with E-state index in [0.717, 1.165) is 6.42 Å². The third-order valence-corrected chi connectivity index (χ3v) is 2.72. The quantitative estimate of drug-likeness (QED) is 0.690. The second kappa shape index (κ2) is 3.02. The lowest BCUT2D eigenvalue weighted by Gasteiger charge is -2.26. The summed E-state index contributed by atoms with van der Waals surface area (Å²) in [5.41, 5.74) is 2.55. The van der Waals surface area contributed by atoms with Crippen LogP contribution < -0.4 is 0 Å². The molecular formula is C11H8N2O2. The average Bonchev–Trinajstić information content (AvgIpc) is 2.68. The Labute approximate surface area is 85.9 Å². The Bertz CT molecular complexity index is 519. The van der Waals surface area contributed by atoms with Crippen molar-refractivity contribution in [1.29, 1.82) is 0 Å². The molecule has 3 rings (SSSR count). The van der Waals surface area contributed by atoms with Crippen molar-refractivity contribution in [2.45, 2.75) is 12.3 Å². The molecule has 0 bridgehead atoms. The zero-order valence-corrected chi connectivity index (χ0v) is 7.88. The maximum atomic E-state index is 10.4. The maximum Gasteiger partial charge on any atom is 0.290 e. The molecule has 0 fully saturated rings. The summed E-state index contributed by atoms with van der Waals surface area (Å²) in [6, 6.07) is 8.15. The largest absolute Gasteiger partial charge is 0.331 e. The normalized spacial score (nSPS) is 18.0. The molecule has 1 aromatic carbocycles. The Hall–Kier alpha value is -1.97. The fourth-order valence-corrected chi connectivity index (χ4v) is 1.93. The van der Waals surface area contributed by atoms with Gasteiger partial charge in [-0.3, -0.25) is 4.79 Å². The molecule has 0 saturated heterocycles. The fraction of sp³-hybridized carbons (Fsp3) is 0.182. The van der Waals surface area contributed by atoms with E-state index in [9.17, 15) is 4.79 Å². The number of nitrogens with zero attached hydrogens (tertiary/aromatic N) is 2. The fourth-order valence-electron chi connectivity index (χ4n) is 1.93. The van der Waals surface area contributed by atoms with Crippen molar-refractivity contribution in [1.82, 2.24) is 10.1 Å². The number of carbonyl (C=O) groups excluding carboxylic acids is 1. The van der Waals surface area contributed by atoms with Crippen molar-refractivity contribution in [2.24, 2.45) is 0 Å². The predicted molar refractivity (Wildman–Crippen MR) is 51.7 cm³/mol. The van der Waals surface area contributed by atoms with E-state index in [1.54, 1.807) is 0 Å². The van der Waals surface area contributed by atoms with E-state index in [4.69, 9.17) is 4.52 Å². The molecule has 0 spiro atoms. The smallest absolute Gasteiger partial charge is 0.290 e. The molecule has 0 amide bonds. The van der Waals surface area contributed by atoms with Gasteiger partial charge in [0, 0.05) is 0 Å². The van der Waals surface area contributed by atoms with Gasteiger partial charge in [0.2, 0.25) is 6.29 Å². The average molecular weight is 200 g/mol. The molecule has 74 valence electrons. The third kappa shape index (κ3) is 1.18. The Balaban J connectivity index is 1.96. The predicted octanol–water partition coefficient (Wildman–Crippen LogP) is 1.57. The Kier molecular flexibility index (Phi) is 1.68. The molecule has 1 heterocycles. The van der Waals surface area contributed by atoms with E-state index >= 15 is 0 Å². The van der Waals surface area contributed by atoms with Gasteiger partial charge >= 0.3 is 0 Å². The number of hydrogen-bond acceptors (Lipinski definition) is 4. The van der Waals surface area contributed by atoms with Crippen molar-refractivity contribution < 1.29 is 9.32 Å². The molecule has 1 aliphatic carbocycles. The molecular weight excluding hydrogens is 192 g/mol. The van der Waals surface area contributed by atoms with Crippen molar-refractivity contribution >= 4 is 6.29 Å². The van der Waals surface area contributed by atoms with Gasteiger partial charge in [0.1, 0.15) is 0 Å². The third-order valence-electron chi connectivity index (χ3n) is 2.72. The number of aromatic nitrogens is 2. The topological polar surface area (TPSA) is 56.0 Å².